The molecule has 0 rings (SSSR count). The maximum Gasteiger partial charge on any atom is 0.311 e. The fourth-order valence-electron chi connectivity index (χ4n) is 0.947. The Hall–Kier alpha value is -0.170. The van der Waals surface area contributed by atoms with Gasteiger partial charge in [-0.2, -0.15) is 12.8 Å². The number of rotatable bonds is 7. The molecule has 0 heterocycles. The van der Waals surface area contributed by atoms with Gasteiger partial charge in [-0.1, -0.05) is 0 Å². The van der Waals surface area contributed by atoms with Crippen LogP contribution in [0.5, 0.6) is 0 Å². The predicted molar refractivity (Wildman–Crippen MR) is 61.0 cm³/mol. The number of nitrogens with zero attached hydrogens (tertiary/aromatic N) is 1. The number of hydrogen-bond acceptors (Lipinski definition) is 5. The summed E-state index contributed by atoms with van der Waals surface area (Å²) in [4.78, 5) is 11.1. The predicted octanol–water partition coefficient (Wildman–Crippen LogP) is 0.776. The Bertz CT molecular complexity index is 297. The standard InChI is InChI=1S/C7H13ClN2O3S.ClH/c8-5-7(11)6(10-14(12)13)3-1-2-4-9;/h6H,1-5,9H2;1H/t6-;/m0./s1. The Labute approximate surface area is 101 Å². The minimum Gasteiger partial charge on any atom is -0.330 e. The highest BCUT2D eigenvalue weighted by molar-refractivity contribution is 7.61. The highest BCUT2D eigenvalue weighted by atomic mass is 35.5. The van der Waals surface area contributed by atoms with Crippen molar-refractivity contribution >= 4 is 40.3 Å². The molecule has 8 heteroatoms. The van der Waals surface area contributed by atoms with Gasteiger partial charge in [0.1, 0.15) is 6.04 Å². The minimum atomic E-state index is -2.56. The average Bonchev–Trinajstić information content (AvgIpc) is 2.15. The number of carbonyl (C=O) groups is 1. The minimum absolute atomic E-state index is 0. The molecule has 0 aliphatic carbocycles. The van der Waals surface area contributed by atoms with Crippen molar-refractivity contribution in [1.29, 1.82) is 0 Å². The summed E-state index contributed by atoms with van der Waals surface area (Å²) in [6.45, 7) is 0.516. The summed E-state index contributed by atoms with van der Waals surface area (Å²) in [6.07, 6.45) is 1.80. The zero-order valence-electron chi connectivity index (χ0n) is 8.06. The summed E-state index contributed by atoms with van der Waals surface area (Å²) >= 11 is 5.31. The van der Waals surface area contributed by atoms with Crippen molar-refractivity contribution in [3.63, 3.8) is 0 Å². The number of carbonyl (C=O) groups excluding carboxylic acids is 1. The van der Waals surface area contributed by atoms with Crippen molar-refractivity contribution in [2.45, 2.75) is 25.3 Å². The number of unbranched alkanes of at least 4 members (excludes halogenated alkanes) is 1. The molecule has 0 bridgehead atoms. The van der Waals surface area contributed by atoms with E-state index >= 15 is 0 Å². The molecule has 0 unspecified atom stereocenters. The molecule has 0 radical (unpaired) electrons. The third kappa shape index (κ3) is 8.80. The highest BCUT2D eigenvalue weighted by Gasteiger charge is 2.16. The Morgan fingerprint density at radius 2 is 2.00 bits per heavy atom. The molecule has 90 valence electrons. The lowest BCUT2D eigenvalue weighted by Crippen LogP contribution is -2.20. The number of Topliss-reactive ketones (excluding diaryl/α,β-unsaturated/α-hetero) is 1. The normalized spacial score (nSPS) is 11.3. The topological polar surface area (TPSA) is 89.6 Å². The van der Waals surface area contributed by atoms with E-state index in [9.17, 15) is 13.2 Å². The van der Waals surface area contributed by atoms with Crippen LogP contribution in [0.2, 0.25) is 0 Å². The zero-order valence-corrected chi connectivity index (χ0v) is 10.4. The van der Waals surface area contributed by atoms with Crippen LogP contribution in [0.4, 0.5) is 0 Å². The van der Waals surface area contributed by atoms with Crippen LogP contribution in [-0.4, -0.2) is 32.7 Å². The molecule has 5 nitrogen and oxygen atoms in total. The maximum absolute atomic E-state index is 11.1. The van der Waals surface area contributed by atoms with Gasteiger partial charge in [-0.3, -0.25) is 4.79 Å². The number of ketones is 1. The molecule has 1 atom stereocenters. The molecule has 0 spiro atoms. The number of hydrogen-bond donors (Lipinski definition) is 1. The van der Waals surface area contributed by atoms with Gasteiger partial charge in [-0.15, -0.1) is 24.0 Å². The van der Waals surface area contributed by atoms with E-state index in [1.54, 1.807) is 0 Å². The number of halogens is 2. The summed E-state index contributed by atoms with van der Waals surface area (Å²) in [7, 11) is -2.56. The van der Waals surface area contributed by atoms with Crippen molar-refractivity contribution in [2.75, 3.05) is 12.4 Å². The largest absolute Gasteiger partial charge is 0.330 e. The molecule has 0 saturated heterocycles. The van der Waals surface area contributed by atoms with E-state index < -0.39 is 16.5 Å². The van der Waals surface area contributed by atoms with Crippen molar-refractivity contribution in [3.05, 3.63) is 0 Å². The molecule has 0 aromatic rings. The van der Waals surface area contributed by atoms with E-state index in [0.717, 1.165) is 6.42 Å². The van der Waals surface area contributed by atoms with Crippen LogP contribution >= 0.6 is 24.0 Å². The average molecular weight is 277 g/mol. The van der Waals surface area contributed by atoms with Crippen LogP contribution in [0.25, 0.3) is 0 Å². The van der Waals surface area contributed by atoms with Gasteiger partial charge in [-0.25, -0.2) is 0 Å². The second kappa shape index (κ2) is 10.4. The lowest BCUT2D eigenvalue weighted by atomic mass is 10.1. The highest BCUT2D eigenvalue weighted by Crippen LogP contribution is 2.06. The Kier molecular flexibility index (Phi) is 11.9. The summed E-state index contributed by atoms with van der Waals surface area (Å²) in [5, 5.41) is 0. The van der Waals surface area contributed by atoms with Gasteiger partial charge in [0.25, 0.3) is 0 Å². The van der Waals surface area contributed by atoms with Crippen LogP contribution in [0.1, 0.15) is 19.3 Å². The fourth-order valence-corrected chi connectivity index (χ4v) is 1.56. The van der Waals surface area contributed by atoms with E-state index in [4.69, 9.17) is 17.3 Å². The molecule has 0 aromatic heterocycles. The van der Waals surface area contributed by atoms with Gasteiger partial charge >= 0.3 is 10.5 Å². The van der Waals surface area contributed by atoms with Crippen LogP contribution in [0.3, 0.4) is 0 Å². The smallest absolute Gasteiger partial charge is 0.311 e. The zero-order chi connectivity index (χ0) is 11.0. The van der Waals surface area contributed by atoms with Crippen molar-refractivity contribution < 1.29 is 13.2 Å². The fraction of sp³-hybridized carbons (Fsp3) is 0.857. The maximum atomic E-state index is 11.1. The molecule has 15 heavy (non-hydrogen) atoms. The number of alkyl halides is 1. The Morgan fingerprint density at radius 1 is 1.40 bits per heavy atom. The molecule has 0 aromatic carbocycles. The SMILES string of the molecule is Cl.NCCCC[C@H](N=S(=O)=O)C(=O)CCl. The molecule has 0 saturated carbocycles. The summed E-state index contributed by atoms with van der Waals surface area (Å²) < 4.78 is 23.8. The molecule has 0 aliphatic heterocycles. The first-order valence-electron chi connectivity index (χ1n) is 4.20. The monoisotopic (exact) mass is 276 g/mol. The van der Waals surface area contributed by atoms with E-state index in [1.807, 2.05) is 0 Å². The summed E-state index contributed by atoms with van der Waals surface area (Å²) in [5.41, 5.74) is 5.26. The molecule has 0 fully saturated rings. The summed E-state index contributed by atoms with van der Waals surface area (Å²) in [6, 6.07) is -0.836. The van der Waals surface area contributed by atoms with E-state index in [2.05, 4.69) is 4.36 Å². The van der Waals surface area contributed by atoms with Crippen molar-refractivity contribution in [2.24, 2.45) is 10.1 Å². The van der Waals surface area contributed by atoms with E-state index in [-0.39, 0.29) is 24.1 Å². The molecular formula is C7H14Cl2N2O3S. The van der Waals surface area contributed by atoms with Crippen molar-refractivity contribution in [3.8, 4) is 0 Å². The van der Waals surface area contributed by atoms with Crippen LogP contribution in [0, 0.1) is 0 Å². The molecule has 2 N–H and O–H groups in total. The van der Waals surface area contributed by atoms with Gasteiger partial charge < -0.3 is 5.73 Å². The molecule has 0 aliphatic rings. The third-order valence-electron chi connectivity index (χ3n) is 1.65. The van der Waals surface area contributed by atoms with E-state index in [0.29, 0.717) is 19.4 Å². The first-order chi connectivity index (χ1) is 6.61. The quantitative estimate of drug-likeness (QED) is 0.550. The lowest BCUT2D eigenvalue weighted by Gasteiger charge is -2.05. The Balaban J connectivity index is 0. The van der Waals surface area contributed by atoms with Crippen LogP contribution in [-0.2, 0) is 15.3 Å². The van der Waals surface area contributed by atoms with Gasteiger partial charge in [0.15, 0.2) is 5.78 Å². The molecule has 0 amide bonds. The molecular weight excluding hydrogens is 263 g/mol. The van der Waals surface area contributed by atoms with E-state index in [1.165, 1.54) is 0 Å². The first kappa shape index (κ1) is 17.2. The van der Waals surface area contributed by atoms with Gasteiger partial charge in [0.2, 0.25) is 0 Å². The van der Waals surface area contributed by atoms with Gasteiger partial charge in [0.05, 0.1) is 5.88 Å². The second-order valence-corrected chi connectivity index (χ2v) is 3.64. The van der Waals surface area contributed by atoms with Crippen LogP contribution < -0.4 is 5.73 Å². The second-order valence-electron chi connectivity index (χ2n) is 2.72. The summed E-state index contributed by atoms with van der Waals surface area (Å²) in [5.74, 6) is -0.582. The number of nitrogens with two attached hydrogens (primary N) is 1. The Morgan fingerprint density at radius 3 is 2.40 bits per heavy atom. The van der Waals surface area contributed by atoms with Crippen molar-refractivity contribution in [1.82, 2.24) is 0 Å². The van der Waals surface area contributed by atoms with Gasteiger partial charge in [-0.05, 0) is 25.8 Å². The van der Waals surface area contributed by atoms with Gasteiger partial charge in [0, 0.05) is 0 Å². The van der Waals surface area contributed by atoms with Crippen LogP contribution in [0.15, 0.2) is 4.36 Å². The first-order valence-corrected chi connectivity index (χ1v) is 5.77. The third-order valence-corrected chi connectivity index (χ3v) is 2.34. The lowest BCUT2D eigenvalue weighted by molar-refractivity contribution is -0.117.